The number of rotatable bonds is 47. The third kappa shape index (κ3) is 74.0. The van der Waals surface area contributed by atoms with E-state index in [2.05, 4.69) is 85.8 Å². The molecule has 0 aromatic heterocycles. The molecule has 0 radical (unpaired) electrons. The highest BCUT2D eigenvalue weighted by atomic mass is 16.5. The number of carbonyl (C=O) groups is 4. The zero-order valence-corrected chi connectivity index (χ0v) is 55.1. The van der Waals surface area contributed by atoms with Crippen LogP contribution in [0.25, 0.3) is 0 Å². The van der Waals surface area contributed by atoms with Crippen molar-refractivity contribution < 1.29 is 33.8 Å². The van der Waals surface area contributed by atoms with Crippen LogP contribution in [0, 0.1) is 23.2 Å². The Morgan fingerprint density at radius 1 is 0.532 bits per heavy atom. The third-order valence-electron chi connectivity index (χ3n) is 14.8. The molecule has 8 heteroatoms. The van der Waals surface area contributed by atoms with Crippen LogP contribution in [0.1, 0.15) is 367 Å². The van der Waals surface area contributed by atoms with Crippen LogP contribution in [0.4, 0.5) is 0 Å². The molecule has 1 unspecified atom stereocenters. The molecule has 464 valence electrons. The summed E-state index contributed by atoms with van der Waals surface area (Å²) in [7, 11) is 0. The second kappa shape index (κ2) is 68.3. The predicted molar refractivity (Wildman–Crippen MR) is 338 cm³/mol. The number of nitrogens with zero attached hydrogens (tertiary/aromatic N) is 1. The topological polar surface area (TPSA) is 110 Å². The molecule has 1 aliphatic rings. The molecule has 1 aliphatic heterocycles. The summed E-state index contributed by atoms with van der Waals surface area (Å²) in [5, 5.41) is 7.91. The molecule has 8 nitrogen and oxygen atoms in total. The summed E-state index contributed by atoms with van der Waals surface area (Å²) in [5.74, 6) is 2.41. The number of esters is 1. The lowest BCUT2D eigenvalue weighted by molar-refractivity contribution is -0.150. The second-order valence-electron chi connectivity index (χ2n) is 24.0. The molecule has 0 aromatic rings. The quantitative estimate of drug-likeness (QED) is 0.0365. The monoisotopic (exact) mass is 1100 g/mol. The molecule has 1 fully saturated rings. The molecule has 1 saturated heterocycles. The number of aliphatic carboxylic acids is 1. The number of unbranched alkanes of at least 4 members (excludes halogenated alkanes) is 21. The molecule has 0 bridgehead atoms. The van der Waals surface area contributed by atoms with Crippen LogP contribution in [0.15, 0.2) is 0 Å². The first-order valence-electron chi connectivity index (χ1n) is 33.7. The van der Waals surface area contributed by atoms with Gasteiger partial charge in [0.1, 0.15) is 11.9 Å². The Hall–Kier alpha value is -1.96. The van der Waals surface area contributed by atoms with Gasteiger partial charge in [-0.15, -0.1) is 0 Å². The van der Waals surface area contributed by atoms with Crippen molar-refractivity contribution in [1.82, 2.24) is 4.90 Å². The first-order valence-corrected chi connectivity index (χ1v) is 33.7. The van der Waals surface area contributed by atoms with Gasteiger partial charge in [-0.1, -0.05) is 277 Å². The van der Waals surface area contributed by atoms with Crippen molar-refractivity contribution in [2.45, 2.75) is 373 Å². The van der Waals surface area contributed by atoms with E-state index in [1.54, 1.807) is 6.92 Å². The average molecular weight is 1100 g/mol. The maximum atomic E-state index is 12.3. The lowest BCUT2D eigenvalue weighted by Crippen LogP contribution is -2.21. The van der Waals surface area contributed by atoms with Crippen molar-refractivity contribution in [3.8, 4) is 0 Å². The minimum atomic E-state index is -0.711. The fourth-order valence-electron chi connectivity index (χ4n) is 9.26. The summed E-state index contributed by atoms with van der Waals surface area (Å²) in [6, 6.07) is 0. The predicted octanol–water partition coefficient (Wildman–Crippen LogP) is 22.1. The van der Waals surface area contributed by atoms with Gasteiger partial charge in [-0.2, -0.15) is 0 Å². The van der Waals surface area contributed by atoms with Crippen LogP contribution in [-0.2, 0) is 28.7 Å². The first-order chi connectivity index (χ1) is 37.0. The highest BCUT2D eigenvalue weighted by Crippen LogP contribution is 2.26. The van der Waals surface area contributed by atoms with E-state index in [0.29, 0.717) is 31.7 Å². The molecule has 0 spiro atoms. The van der Waals surface area contributed by atoms with Gasteiger partial charge in [0.05, 0.1) is 6.61 Å². The van der Waals surface area contributed by atoms with Crippen LogP contribution in [-0.4, -0.2) is 66.5 Å². The van der Waals surface area contributed by atoms with Crippen LogP contribution in [0.2, 0.25) is 0 Å². The number of carbonyl (C=O) groups excluding carboxylic acids is 3. The molecule has 1 N–H and O–H groups in total. The van der Waals surface area contributed by atoms with E-state index in [4.69, 9.17) is 9.84 Å². The van der Waals surface area contributed by atoms with Gasteiger partial charge in [0.15, 0.2) is 0 Å². The summed E-state index contributed by atoms with van der Waals surface area (Å²) < 4.78 is 10.6. The van der Waals surface area contributed by atoms with Gasteiger partial charge in [0, 0.05) is 18.3 Å². The first kappa shape index (κ1) is 83.9. The van der Waals surface area contributed by atoms with Gasteiger partial charge in [-0.25, -0.2) is 0 Å². The lowest BCUT2D eigenvalue weighted by atomic mass is 9.83. The van der Waals surface area contributed by atoms with Crippen molar-refractivity contribution in [3.63, 3.8) is 0 Å². The van der Waals surface area contributed by atoms with Crippen molar-refractivity contribution in [2.24, 2.45) is 23.2 Å². The Balaban J connectivity index is -0.000000315. The SMILES string of the molecule is CC.CC(=O)C(C)(C)CCCCCCN1CCCC1.CC(C)C.CCCC(=O)O.CCCCCC(CCCCC)CCCC(C)CC.CCCCCCCCC(CCCCCCCC)OC(=O)CCCCCCCOC=O. The zero-order valence-electron chi connectivity index (χ0n) is 55.1. The summed E-state index contributed by atoms with van der Waals surface area (Å²) in [4.78, 5) is 45.9. The molecule has 0 aliphatic carbocycles. The largest absolute Gasteiger partial charge is 0.481 e. The molecule has 1 rings (SSSR count). The molecule has 1 atom stereocenters. The van der Waals surface area contributed by atoms with Gasteiger partial charge in [0.2, 0.25) is 0 Å². The van der Waals surface area contributed by atoms with Crippen LogP contribution in [0.3, 0.4) is 0 Å². The maximum absolute atomic E-state index is 12.3. The third-order valence-corrected chi connectivity index (χ3v) is 14.8. The van der Waals surface area contributed by atoms with E-state index in [-0.39, 0.29) is 17.5 Å². The van der Waals surface area contributed by atoms with Crippen molar-refractivity contribution >= 4 is 24.2 Å². The Bertz CT molecular complexity index is 1140. The average Bonchev–Trinajstić information content (AvgIpc) is 3.92. The van der Waals surface area contributed by atoms with E-state index in [0.717, 1.165) is 75.5 Å². The minimum Gasteiger partial charge on any atom is -0.481 e. The van der Waals surface area contributed by atoms with Gasteiger partial charge >= 0.3 is 11.9 Å². The van der Waals surface area contributed by atoms with Crippen LogP contribution in [0.5, 0.6) is 0 Å². The normalized spacial score (nSPS) is 12.4. The minimum absolute atomic E-state index is 0.0127. The number of ketones is 1. The van der Waals surface area contributed by atoms with Gasteiger partial charge in [-0.05, 0) is 115 Å². The number of carboxylic acids is 1. The molecule has 0 saturated carbocycles. The molecule has 1 heterocycles. The highest BCUT2D eigenvalue weighted by molar-refractivity contribution is 5.81. The number of hydrogen-bond acceptors (Lipinski definition) is 7. The van der Waals surface area contributed by atoms with E-state index in [1.165, 1.54) is 212 Å². The van der Waals surface area contributed by atoms with E-state index >= 15 is 0 Å². The zero-order chi connectivity index (χ0) is 59.1. The summed E-state index contributed by atoms with van der Waals surface area (Å²) in [6.45, 7) is 37.0. The second-order valence-corrected chi connectivity index (χ2v) is 24.0. The number of hydrogen-bond donors (Lipinski definition) is 1. The highest BCUT2D eigenvalue weighted by Gasteiger charge is 2.22. The Kier molecular flexibility index (Phi) is 74.4. The van der Waals surface area contributed by atoms with Gasteiger partial charge in [0.25, 0.3) is 6.47 Å². The van der Waals surface area contributed by atoms with Gasteiger partial charge < -0.3 is 19.5 Å². The molecular weight excluding hydrogens is 955 g/mol. The standard InChI is InChI=1S/C26H50O4.C18H38.C15H29NO.C4H8O2.C4H10.C2H6/c1-3-5-7-9-12-16-20-25(21-17-13-10-8-6-4-2)30-26(28)22-18-14-11-15-19-23-29-24-27;1-5-8-10-14-18(15-11-9-6-2)16-12-13-17(4)7-3;1-14(17)15(2,3)10-6-4-5-7-11-16-12-8-9-13-16;1-2-3-4(5)6;1-4(2)3;1-2/h24-25H,3-23H2,1-2H3;17-18H,5-16H2,1-4H3;4-13H2,1-3H3;2-3H2,1H3,(H,5,6);4H,1-3H3;1-2H3. The number of carboxylic acid groups (broad SMARTS) is 1. The van der Waals surface area contributed by atoms with Crippen molar-refractivity contribution in [2.75, 3.05) is 26.2 Å². The Morgan fingerprint density at radius 2 is 0.948 bits per heavy atom. The number of ether oxygens (including phenoxy) is 2. The van der Waals surface area contributed by atoms with Gasteiger partial charge in [-0.3, -0.25) is 19.2 Å². The number of Topliss-reactive ketones (excluding diaryl/α,β-unsaturated/α-hetero) is 1. The summed E-state index contributed by atoms with van der Waals surface area (Å²) in [6.07, 6.45) is 50.4. The summed E-state index contributed by atoms with van der Waals surface area (Å²) in [5.41, 5.74) is -0.102. The Labute approximate surface area is 483 Å². The van der Waals surface area contributed by atoms with Crippen molar-refractivity contribution in [3.05, 3.63) is 0 Å². The number of likely N-dealkylation sites (tertiary alicyclic amines) is 1. The maximum Gasteiger partial charge on any atom is 0.306 e. The van der Waals surface area contributed by atoms with E-state index in [1.807, 2.05) is 20.8 Å². The molecule has 77 heavy (non-hydrogen) atoms. The fraction of sp³-hybridized carbons (Fsp3) is 0.942. The Morgan fingerprint density at radius 3 is 1.39 bits per heavy atom. The summed E-state index contributed by atoms with van der Waals surface area (Å²) >= 11 is 0. The van der Waals surface area contributed by atoms with E-state index in [9.17, 15) is 19.2 Å². The van der Waals surface area contributed by atoms with Crippen molar-refractivity contribution in [1.29, 1.82) is 0 Å². The van der Waals surface area contributed by atoms with Crippen LogP contribution >= 0.6 is 0 Å². The fourth-order valence-corrected chi connectivity index (χ4v) is 9.26. The lowest BCUT2D eigenvalue weighted by Gasteiger charge is -2.20. The molecular formula is C69H141NO7. The van der Waals surface area contributed by atoms with E-state index < -0.39 is 5.97 Å². The smallest absolute Gasteiger partial charge is 0.306 e. The van der Waals surface area contributed by atoms with Crippen LogP contribution < -0.4 is 0 Å². The molecule has 0 amide bonds. The molecule has 0 aromatic carbocycles.